The van der Waals surface area contributed by atoms with Gasteiger partial charge in [0.25, 0.3) is 0 Å². The smallest absolute Gasteiger partial charge is 0.154 e. The first-order valence-corrected chi connectivity index (χ1v) is 9.04. The summed E-state index contributed by atoms with van der Waals surface area (Å²) in [5, 5.41) is 3.24. The van der Waals surface area contributed by atoms with E-state index in [-0.39, 0.29) is 23.4 Å². The lowest BCUT2D eigenvalue weighted by Crippen LogP contribution is -2.22. The van der Waals surface area contributed by atoms with Crippen LogP contribution in [0, 0.1) is 11.7 Å². The molecular formula is C15H22FNO3S. The zero-order valence-electron chi connectivity index (χ0n) is 12.4. The Labute approximate surface area is 125 Å². The number of ether oxygens (including phenoxy) is 1. The van der Waals surface area contributed by atoms with Gasteiger partial charge >= 0.3 is 0 Å². The normalized spacial score (nSPS) is 20.9. The van der Waals surface area contributed by atoms with E-state index >= 15 is 0 Å². The average molecular weight is 315 g/mol. The molecule has 0 radical (unpaired) electrons. The van der Waals surface area contributed by atoms with Crippen molar-refractivity contribution in [3.8, 4) is 5.75 Å². The van der Waals surface area contributed by atoms with Crippen LogP contribution >= 0.6 is 0 Å². The molecular weight excluding hydrogens is 293 g/mol. The van der Waals surface area contributed by atoms with Crippen molar-refractivity contribution in [3.05, 3.63) is 29.6 Å². The predicted octanol–water partition coefficient (Wildman–Crippen LogP) is 2.14. The number of rotatable bonds is 6. The molecule has 0 aromatic heterocycles. The third-order valence-electron chi connectivity index (χ3n) is 3.37. The van der Waals surface area contributed by atoms with E-state index in [0.717, 1.165) is 12.1 Å². The molecule has 0 amide bonds. The lowest BCUT2D eigenvalue weighted by Gasteiger charge is -2.16. The molecule has 2 rings (SSSR count). The van der Waals surface area contributed by atoms with Crippen LogP contribution in [0.1, 0.15) is 25.8 Å². The minimum absolute atomic E-state index is 0.0449. The quantitative estimate of drug-likeness (QED) is 0.874. The molecule has 1 fully saturated rings. The summed E-state index contributed by atoms with van der Waals surface area (Å²) in [4.78, 5) is 0. The SMILES string of the molecule is CC(C)CNCc1cc(F)ccc1OC1CCS(=O)(=O)C1. The Morgan fingerprint density at radius 3 is 2.81 bits per heavy atom. The van der Waals surface area contributed by atoms with Crippen LogP contribution in [0.15, 0.2) is 18.2 Å². The predicted molar refractivity (Wildman–Crippen MR) is 80.6 cm³/mol. The van der Waals surface area contributed by atoms with Crippen LogP contribution in [0.5, 0.6) is 5.75 Å². The number of hydrogen-bond acceptors (Lipinski definition) is 4. The number of sulfone groups is 1. The van der Waals surface area contributed by atoms with E-state index in [1.807, 2.05) is 0 Å². The van der Waals surface area contributed by atoms with Crippen molar-refractivity contribution in [2.45, 2.75) is 32.9 Å². The van der Waals surface area contributed by atoms with Crippen molar-refractivity contribution < 1.29 is 17.5 Å². The topological polar surface area (TPSA) is 55.4 Å². The van der Waals surface area contributed by atoms with Gasteiger partial charge in [-0.2, -0.15) is 0 Å². The van der Waals surface area contributed by atoms with Gasteiger partial charge in [0.2, 0.25) is 0 Å². The molecule has 1 saturated heterocycles. The molecule has 0 spiro atoms. The van der Waals surface area contributed by atoms with Gasteiger partial charge in [0.15, 0.2) is 9.84 Å². The molecule has 0 aliphatic carbocycles. The number of halogens is 1. The molecule has 118 valence electrons. The fraction of sp³-hybridized carbons (Fsp3) is 0.600. The standard InChI is InChI=1S/C15H22FNO3S/c1-11(2)8-17-9-12-7-13(16)3-4-15(12)20-14-5-6-21(18,19)10-14/h3-4,7,11,14,17H,5-6,8-10H2,1-2H3. The Hall–Kier alpha value is -1.14. The van der Waals surface area contributed by atoms with Crippen LogP contribution in [0.25, 0.3) is 0 Å². The Kier molecular flexibility index (Phi) is 5.22. The largest absolute Gasteiger partial charge is 0.489 e. The van der Waals surface area contributed by atoms with Crippen molar-refractivity contribution in [1.82, 2.24) is 5.32 Å². The molecule has 1 atom stereocenters. The van der Waals surface area contributed by atoms with Gasteiger partial charge in [-0.3, -0.25) is 0 Å². The summed E-state index contributed by atoms with van der Waals surface area (Å²) in [5.41, 5.74) is 0.722. The molecule has 0 saturated carbocycles. The van der Waals surface area contributed by atoms with Crippen molar-refractivity contribution in [2.75, 3.05) is 18.1 Å². The van der Waals surface area contributed by atoms with Crippen molar-refractivity contribution in [1.29, 1.82) is 0 Å². The molecule has 1 heterocycles. The molecule has 1 unspecified atom stereocenters. The maximum absolute atomic E-state index is 13.4. The summed E-state index contributed by atoms with van der Waals surface area (Å²) < 4.78 is 42.1. The number of benzene rings is 1. The third kappa shape index (κ3) is 4.97. The van der Waals surface area contributed by atoms with Crippen molar-refractivity contribution >= 4 is 9.84 Å². The van der Waals surface area contributed by atoms with Crippen LogP contribution in [-0.4, -0.2) is 32.6 Å². The Bertz CT molecular complexity index is 587. The van der Waals surface area contributed by atoms with Crippen LogP contribution in [0.4, 0.5) is 4.39 Å². The molecule has 1 aliphatic heterocycles. The first kappa shape index (κ1) is 16.2. The van der Waals surface area contributed by atoms with E-state index in [2.05, 4.69) is 19.2 Å². The summed E-state index contributed by atoms with van der Waals surface area (Å²) in [6.07, 6.45) is 0.169. The summed E-state index contributed by atoms with van der Waals surface area (Å²) in [7, 11) is -2.98. The molecule has 1 aromatic carbocycles. The van der Waals surface area contributed by atoms with Crippen molar-refractivity contribution in [3.63, 3.8) is 0 Å². The van der Waals surface area contributed by atoms with Gasteiger partial charge in [0, 0.05) is 12.1 Å². The van der Waals surface area contributed by atoms with E-state index in [9.17, 15) is 12.8 Å². The Balaban J connectivity index is 2.04. The highest BCUT2D eigenvalue weighted by Gasteiger charge is 2.29. The third-order valence-corrected chi connectivity index (χ3v) is 5.11. The number of nitrogens with one attached hydrogen (secondary N) is 1. The zero-order valence-corrected chi connectivity index (χ0v) is 13.2. The lowest BCUT2D eigenvalue weighted by atomic mass is 10.1. The molecule has 21 heavy (non-hydrogen) atoms. The van der Waals surface area contributed by atoms with E-state index in [1.165, 1.54) is 12.1 Å². The maximum atomic E-state index is 13.4. The first-order valence-electron chi connectivity index (χ1n) is 7.22. The van der Waals surface area contributed by atoms with Gasteiger partial charge in [-0.15, -0.1) is 0 Å². The highest BCUT2D eigenvalue weighted by Crippen LogP contribution is 2.24. The second kappa shape index (κ2) is 6.75. The van der Waals surface area contributed by atoms with E-state index in [0.29, 0.717) is 24.6 Å². The Morgan fingerprint density at radius 1 is 1.43 bits per heavy atom. The van der Waals surface area contributed by atoms with Gasteiger partial charge in [-0.05, 0) is 37.1 Å². The van der Waals surface area contributed by atoms with Crippen LogP contribution in [0.2, 0.25) is 0 Å². The van der Waals surface area contributed by atoms with Crippen LogP contribution < -0.4 is 10.1 Å². The molecule has 4 nitrogen and oxygen atoms in total. The second-order valence-corrected chi connectivity index (χ2v) is 8.15. The lowest BCUT2D eigenvalue weighted by molar-refractivity contribution is 0.226. The van der Waals surface area contributed by atoms with E-state index in [1.54, 1.807) is 6.07 Å². The minimum Gasteiger partial charge on any atom is -0.489 e. The highest BCUT2D eigenvalue weighted by atomic mass is 32.2. The van der Waals surface area contributed by atoms with E-state index in [4.69, 9.17) is 4.74 Å². The first-order chi connectivity index (χ1) is 9.85. The highest BCUT2D eigenvalue weighted by molar-refractivity contribution is 7.91. The molecule has 1 aliphatic rings. The fourth-order valence-electron chi connectivity index (χ4n) is 2.33. The van der Waals surface area contributed by atoms with Crippen LogP contribution in [0.3, 0.4) is 0 Å². The van der Waals surface area contributed by atoms with Crippen LogP contribution in [-0.2, 0) is 16.4 Å². The van der Waals surface area contributed by atoms with E-state index < -0.39 is 9.84 Å². The minimum atomic E-state index is -2.98. The maximum Gasteiger partial charge on any atom is 0.154 e. The summed E-state index contributed by atoms with van der Waals surface area (Å²) >= 11 is 0. The molecule has 6 heteroatoms. The van der Waals surface area contributed by atoms with Crippen molar-refractivity contribution in [2.24, 2.45) is 5.92 Å². The van der Waals surface area contributed by atoms with Gasteiger partial charge in [0.1, 0.15) is 17.7 Å². The molecule has 1 N–H and O–H groups in total. The van der Waals surface area contributed by atoms with Gasteiger partial charge in [-0.1, -0.05) is 13.8 Å². The fourth-order valence-corrected chi connectivity index (χ4v) is 3.92. The molecule has 0 bridgehead atoms. The molecule has 1 aromatic rings. The monoisotopic (exact) mass is 315 g/mol. The van der Waals surface area contributed by atoms with Gasteiger partial charge < -0.3 is 10.1 Å². The van der Waals surface area contributed by atoms with Gasteiger partial charge in [-0.25, -0.2) is 12.8 Å². The number of hydrogen-bond donors (Lipinski definition) is 1. The average Bonchev–Trinajstić information content (AvgIpc) is 2.71. The zero-order chi connectivity index (χ0) is 15.5. The Morgan fingerprint density at radius 2 is 2.19 bits per heavy atom. The summed E-state index contributed by atoms with van der Waals surface area (Å²) in [5.74, 6) is 0.962. The summed E-state index contributed by atoms with van der Waals surface area (Å²) in [6.45, 7) is 5.53. The van der Waals surface area contributed by atoms with Gasteiger partial charge in [0.05, 0.1) is 11.5 Å². The summed E-state index contributed by atoms with van der Waals surface area (Å²) in [6, 6.07) is 4.35. The second-order valence-electron chi connectivity index (χ2n) is 5.92.